The Hall–Kier alpha value is -3.72. The van der Waals surface area contributed by atoms with Crippen LogP contribution in [0, 0.1) is 0 Å². The van der Waals surface area contributed by atoms with Crippen LogP contribution in [0.5, 0.6) is 11.6 Å². The van der Waals surface area contributed by atoms with Crippen LogP contribution in [-0.2, 0) is 0 Å². The van der Waals surface area contributed by atoms with Gasteiger partial charge < -0.3 is 10.1 Å². The predicted molar refractivity (Wildman–Crippen MR) is 109 cm³/mol. The number of halogens is 1. The quantitative estimate of drug-likeness (QED) is 0.468. The number of aromatic amines is 1. The van der Waals surface area contributed by atoms with Crippen LogP contribution >= 0.6 is 15.9 Å². The van der Waals surface area contributed by atoms with Gasteiger partial charge in [-0.15, -0.1) is 0 Å². The van der Waals surface area contributed by atoms with Crippen LogP contribution in [-0.4, -0.2) is 21.0 Å². The van der Waals surface area contributed by atoms with Crippen molar-refractivity contribution in [3.63, 3.8) is 0 Å². The molecule has 4 rings (SSSR count). The highest BCUT2D eigenvalue weighted by atomic mass is 79.9. The molecule has 8 nitrogen and oxygen atoms in total. The van der Waals surface area contributed by atoms with Crippen LogP contribution in [0.15, 0.2) is 80.7 Å². The van der Waals surface area contributed by atoms with Crippen molar-refractivity contribution in [3.05, 3.63) is 87.4 Å². The molecule has 2 heterocycles. The Morgan fingerprint density at radius 1 is 1.10 bits per heavy atom. The number of benzene rings is 2. The Bertz CT molecular complexity index is 1220. The van der Waals surface area contributed by atoms with E-state index in [4.69, 9.17) is 4.74 Å². The monoisotopic (exact) mass is 452 g/mol. The number of rotatable bonds is 5. The number of carbonyl (C=O) groups is 1. The molecule has 0 bridgehead atoms. The van der Waals surface area contributed by atoms with Crippen LogP contribution < -0.4 is 15.8 Å². The molecule has 0 aliphatic heterocycles. The van der Waals surface area contributed by atoms with Gasteiger partial charge in [0.15, 0.2) is 5.82 Å². The molecular weight excluding hydrogens is 440 g/mol. The number of aromatic nitrogens is 3. The minimum atomic E-state index is -0.648. The van der Waals surface area contributed by atoms with Gasteiger partial charge in [0.2, 0.25) is 5.88 Å². The van der Waals surface area contributed by atoms with Gasteiger partial charge in [-0.05, 0) is 36.4 Å². The second-order valence-corrected chi connectivity index (χ2v) is 6.84. The summed E-state index contributed by atoms with van der Waals surface area (Å²) >= 11 is 3.38. The first-order valence-corrected chi connectivity index (χ1v) is 9.23. The largest absolute Gasteiger partial charge is 0.439 e. The number of pyridine rings is 1. The number of nitrogens with zero attached hydrogens (tertiary/aromatic N) is 2. The Morgan fingerprint density at radius 3 is 2.69 bits per heavy atom. The van der Waals surface area contributed by atoms with Gasteiger partial charge in [-0.2, -0.15) is 0 Å². The highest BCUT2D eigenvalue weighted by Crippen LogP contribution is 2.23. The second-order valence-electron chi connectivity index (χ2n) is 5.92. The number of amides is 1. The topological polar surface area (TPSA) is 110 Å². The van der Waals surface area contributed by atoms with Gasteiger partial charge in [-0.25, -0.2) is 9.78 Å². The fourth-order valence-corrected chi connectivity index (χ4v) is 2.91. The molecule has 2 aromatic heterocycles. The van der Waals surface area contributed by atoms with Gasteiger partial charge >= 0.3 is 5.76 Å². The maximum atomic E-state index is 12.5. The summed E-state index contributed by atoms with van der Waals surface area (Å²) in [6.07, 6.45) is 1.43. The third-order valence-corrected chi connectivity index (χ3v) is 4.34. The zero-order valence-corrected chi connectivity index (χ0v) is 16.3. The first-order chi connectivity index (χ1) is 14.1. The molecule has 144 valence electrons. The van der Waals surface area contributed by atoms with E-state index in [1.54, 1.807) is 36.4 Å². The van der Waals surface area contributed by atoms with Crippen LogP contribution in [0.25, 0.3) is 11.4 Å². The lowest BCUT2D eigenvalue weighted by atomic mass is 10.2. The van der Waals surface area contributed by atoms with E-state index >= 15 is 0 Å². The van der Waals surface area contributed by atoms with E-state index in [2.05, 4.69) is 40.9 Å². The Balaban J connectivity index is 1.45. The normalized spacial score (nSPS) is 10.5. The van der Waals surface area contributed by atoms with Gasteiger partial charge in [-0.1, -0.05) is 39.3 Å². The third kappa shape index (κ3) is 4.58. The number of H-pyrrole nitrogens is 1. The van der Waals surface area contributed by atoms with Crippen molar-refractivity contribution in [2.75, 3.05) is 5.32 Å². The van der Waals surface area contributed by atoms with Gasteiger partial charge in [0.05, 0.1) is 5.56 Å². The van der Waals surface area contributed by atoms with E-state index in [1.807, 2.05) is 24.3 Å². The van der Waals surface area contributed by atoms with Crippen molar-refractivity contribution < 1.29 is 14.1 Å². The maximum absolute atomic E-state index is 12.5. The lowest BCUT2D eigenvalue weighted by molar-refractivity contribution is 0.102. The van der Waals surface area contributed by atoms with Crippen molar-refractivity contribution in [2.45, 2.75) is 0 Å². The summed E-state index contributed by atoms with van der Waals surface area (Å²) in [4.78, 5) is 30.2. The highest BCUT2D eigenvalue weighted by molar-refractivity contribution is 9.10. The molecule has 0 saturated carbocycles. The zero-order valence-electron chi connectivity index (χ0n) is 14.8. The van der Waals surface area contributed by atoms with E-state index in [9.17, 15) is 9.59 Å². The smallest absolute Gasteiger partial charge is 0.439 e. The molecule has 0 spiro atoms. The summed E-state index contributed by atoms with van der Waals surface area (Å²) < 4.78 is 11.1. The van der Waals surface area contributed by atoms with Crippen molar-refractivity contribution >= 4 is 27.5 Å². The second kappa shape index (κ2) is 8.11. The predicted octanol–water partition coefficient (Wildman–Crippen LogP) is 4.23. The van der Waals surface area contributed by atoms with Crippen molar-refractivity contribution in [1.82, 2.24) is 15.1 Å². The molecule has 0 saturated heterocycles. The molecule has 0 aliphatic carbocycles. The minimum Gasteiger partial charge on any atom is -0.439 e. The molecular formula is C20H13BrN4O4. The van der Waals surface area contributed by atoms with Crippen LogP contribution in [0.2, 0.25) is 0 Å². The maximum Gasteiger partial charge on any atom is 0.439 e. The van der Waals surface area contributed by atoms with Gasteiger partial charge in [0.25, 0.3) is 5.91 Å². The first-order valence-electron chi connectivity index (χ1n) is 8.44. The number of hydrogen-bond donors (Lipinski definition) is 2. The summed E-state index contributed by atoms with van der Waals surface area (Å²) in [5, 5.41) is 6.41. The lowest BCUT2D eigenvalue weighted by Gasteiger charge is -2.08. The van der Waals surface area contributed by atoms with Crippen LogP contribution in [0.3, 0.4) is 0 Å². The van der Waals surface area contributed by atoms with Gasteiger partial charge in [0, 0.05) is 28.0 Å². The molecule has 0 atom stereocenters. The summed E-state index contributed by atoms with van der Waals surface area (Å²) in [7, 11) is 0. The number of anilines is 1. The third-order valence-electron chi connectivity index (χ3n) is 3.85. The number of nitrogens with one attached hydrogen (secondary N) is 2. The van der Waals surface area contributed by atoms with E-state index in [1.165, 1.54) is 6.20 Å². The van der Waals surface area contributed by atoms with Crippen LogP contribution in [0.1, 0.15) is 10.4 Å². The molecule has 0 radical (unpaired) electrons. The molecule has 0 unspecified atom stereocenters. The van der Waals surface area contributed by atoms with Crippen molar-refractivity contribution in [1.29, 1.82) is 0 Å². The number of hydrogen-bond acceptors (Lipinski definition) is 6. The highest BCUT2D eigenvalue weighted by Gasteiger charge is 2.10. The molecule has 0 fully saturated rings. The molecule has 4 aromatic rings. The lowest BCUT2D eigenvalue weighted by Crippen LogP contribution is -2.12. The summed E-state index contributed by atoms with van der Waals surface area (Å²) in [5.41, 5.74) is 1.50. The van der Waals surface area contributed by atoms with E-state index in [0.29, 0.717) is 28.4 Å². The zero-order chi connectivity index (χ0) is 20.2. The standard InChI is InChI=1S/C20H13BrN4O4/c21-14-4-2-6-16(10-14)28-17-8-7-13(11-22-17)19(26)23-15-5-1-3-12(9-15)18-24-20(27)29-25-18/h1-11H,(H,23,26)(H,24,25,27). The summed E-state index contributed by atoms with van der Waals surface area (Å²) in [6.45, 7) is 0. The minimum absolute atomic E-state index is 0.279. The summed E-state index contributed by atoms with van der Waals surface area (Å²) in [5.74, 6) is 0.299. The van der Waals surface area contributed by atoms with E-state index < -0.39 is 5.76 Å². The van der Waals surface area contributed by atoms with Crippen LogP contribution in [0.4, 0.5) is 5.69 Å². The Kier molecular flexibility index (Phi) is 5.21. The fourth-order valence-electron chi connectivity index (χ4n) is 2.53. The number of carbonyl (C=O) groups excluding carboxylic acids is 1. The van der Waals surface area contributed by atoms with Gasteiger partial charge in [-0.3, -0.25) is 14.3 Å². The average Bonchev–Trinajstić information content (AvgIpc) is 3.15. The number of ether oxygens (including phenoxy) is 1. The molecule has 0 aliphatic rings. The molecule has 1 amide bonds. The van der Waals surface area contributed by atoms with Crippen molar-refractivity contribution in [2.24, 2.45) is 0 Å². The van der Waals surface area contributed by atoms with E-state index in [0.717, 1.165) is 4.47 Å². The average molecular weight is 453 g/mol. The van der Waals surface area contributed by atoms with Gasteiger partial charge in [0.1, 0.15) is 5.75 Å². The molecule has 29 heavy (non-hydrogen) atoms. The molecule has 2 aromatic carbocycles. The fraction of sp³-hybridized carbons (Fsp3) is 0. The SMILES string of the molecule is O=C(Nc1cccc(-c2noc(=O)[nH]2)c1)c1ccc(Oc2cccc(Br)c2)nc1. The summed E-state index contributed by atoms with van der Waals surface area (Å²) in [6, 6.07) is 17.5. The Morgan fingerprint density at radius 2 is 1.97 bits per heavy atom. The first kappa shape index (κ1) is 18.6. The Labute approximate surface area is 172 Å². The molecule has 2 N–H and O–H groups in total. The van der Waals surface area contributed by atoms with E-state index in [-0.39, 0.29) is 11.7 Å². The molecule has 9 heteroatoms. The van der Waals surface area contributed by atoms with Crippen molar-refractivity contribution in [3.8, 4) is 23.0 Å².